The second-order valence-electron chi connectivity index (χ2n) is 4.85. The van der Waals surface area contributed by atoms with Crippen LogP contribution in [0.3, 0.4) is 0 Å². The van der Waals surface area contributed by atoms with Gasteiger partial charge in [0.2, 0.25) is 5.91 Å². The Morgan fingerprint density at radius 2 is 2.07 bits per heavy atom. The van der Waals surface area contributed by atoms with Crippen molar-refractivity contribution in [3.63, 3.8) is 0 Å². The first-order valence-corrected chi connectivity index (χ1v) is 4.93. The molecule has 5 heteroatoms. The summed E-state index contributed by atoms with van der Waals surface area (Å²) in [7, 11) is 0. The molecule has 0 bridgehead atoms. The van der Waals surface area contributed by atoms with Gasteiger partial charge in [0, 0.05) is 0 Å². The molecule has 1 aliphatic heterocycles. The van der Waals surface area contributed by atoms with Crippen LogP contribution in [-0.4, -0.2) is 29.3 Å². The highest BCUT2D eigenvalue weighted by Crippen LogP contribution is 2.24. The van der Waals surface area contributed by atoms with Gasteiger partial charge in [-0.3, -0.25) is 9.59 Å². The zero-order chi connectivity index (χ0) is 11.8. The highest BCUT2D eigenvalue weighted by atomic mass is 16.6. The van der Waals surface area contributed by atoms with Gasteiger partial charge in [0.05, 0.1) is 11.5 Å². The molecular formula is C10H17NO4. The maximum atomic E-state index is 11.5. The molecular weight excluding hydrogens is 198 g/mol. The summed E-state index contributed by atoms with van der Waals surface area (Å²) in [6.45, 7) is 6.69. The SMILES string of the molecule is C[C@@H](O)[C@H]1C(=O)N[C@@H]1OC(=O)C(C)(C)C. The molecule has 2 N–H and O–H groups in total. The van der Waals surface area contributed by atoms with Crippen molar-refractivity contribution in [1.82, 2.24) is 5.32 Å². The van der Waals surface area contributed by atoms with Gasteiger partial charge in [0.25, 0.3) is 0 Å². The molecule has 3 atom stereocenters. The molecule has 0 spiro atoms. The molecule has 86 valence electrons. The molecule has 0 saturated carbocycles. The van der Waals surface area contributed by atoms with Gasteiger partial charge in [-0.15, -0.1) is 0 Å². The number of ether oxygens (including phenoxy) is 1. The standard InChI is InChI=1S/C10H17NO4/c1-5(12)6-7(13)11-8(6)15-9(14)10(2,3)4/h5-6,8,12H,1-4H3,(H,11,13)/t5-,6+,8-/m1/s1. The predicted molar refractivity (Wildman–Crippen MR) is 52.6 cm³/mol. The molecule has 0 aromatic rings. The number of hydrogen-bond donors (Lipinski definition) is 2. The van der Waals surface area contributed by atoms with Gasteiger partial charge in [-0.1, -0.05) is 0 Å². The van der Waals surface area contributed by atoms with Crippen LogP contribution in [0.5, 0.6) is 0 Å². The lowest BCUT2D eigenvalue weighted by atomic mass is 9.92. The lowest BCUT2D eigenvalue weighted by Gasteiger charge is -2.38. The molecule has 1 heterocycles. The van der Waals surface area contributed by atoms with Crippen LogP contribution in [0.4, 0.5) is 0 Å². The monoisotopic (exact) mass is 215 g/mol. The average molecular weight is 215 g/mol. The first-order valence-electron chi connectivity index (χ1n) is 4.93. The Labute approximate surface area is 88.8 Å². The molecule has 1 amide bonds. The third kappa shape index (κ3) is 2.47. The highest BCUT2D eigenvalue weighted by Gasteiger charge is 2.46. The fraction of sp³-hybridized carbons (Fsp3) is 0.800. The van der Waals surface area contributed by atoms with Crippen molar-refractivity contribution < 1.29 is 19.4 Å². The Bertz CT molecular complexity index is 280. The van der Waals surface area contributed by atoms with Crippen LogP contribution in [0.2, 0.25) is 0 Å². The molecule has 1 aliphatic rings. The smallest absolute Gasteiger partial charge is 0.313 e. The minimum absolute atomic E-state index is 0.281. The number of carbonyl (C=O) groups excluding carboxylic acids is 2. The topological polar surface area (TPSA) is 75.6 Å². The van der Waals surface area contributed by atoms with Crippen LogP contribution < -0.4 is 5.32 Å². The van der Waals surface area contributed by atoms with E-state index in [0.29, 0.717) is 0 Å². The van der Waals surface area contributed by atoms with Crippen LogP contribution in [0.15, 0.2) is 0 Å². The van der Waals surface area contributed by atoms with Gasteiger partial charge >= 0.3 is 5.97 Å². The number of rotatable bonds is 2. The third-order valence-corrected chi connectivity index (χ3v) is 2.28. The number of esters is 1. The predicted octanol–water partition coefficient (Wildman–Crippen LogP) is 0.0286. The number of amides is 1. The minimum atomic E-state index is -0.809. The Morgan fingerprint density at radius 1 is 1.53 bits per heavy atom. The molecule has 1 fully saturated rings. The van der Waals surface area contributed by atoms with Crippen LogP contribution in [0.25, 0.3) is 0 Å². The number of hydrogen-bond acceptors (Lipinski definition) is 4. The number of carbonyl (C=O) groups is 2. The van der Waals surface area contributed by atoms with E-state index in [2.05, 4.69) is 5.32 Å². The van der Waals surface area contributed by atoms with E-state index in [1.165, 1.54) is 6.92 Å². The van der Waals surface area contributed by atoms with Crippen LogP contribution in [-0.2, 0) is 14.3 Å². The van der Waals surface area contributed by atoms with Crippen molar-refractivity contribution in [2.24, 2.45) is 11.3 Å². The fourth-order valence-electron chi connectivity index (χ4n) is 1.23. The first-order chi connectivity index (χ1) is 6.73. The van der Waals surface area contributed by atoms with Crippen molar-refractivity contribution in [3.05, 3.63) is 0 Å². The van der Waals surface area contributed by atoms with Gasteiger partial charge in [-0.25, -0.2) is 0 Å². The number of nitrogens with one attached hydrogen (secondary N) is 1. The molecule has 0 aromatic carbocycles. The zero-order valence-corrected chi connectivity index (χ0v) is 9.40. The van der Waals surface area contributed by atoms with Crippen molar-refractivity contribution in [2.75, 3.05) is 0 Å². The Morgan fingerprint density at radius 3 is 2.40 bits per heavy atom. The van der Waals surface area contributed by atoms with Gasteiger partial charge < -0.3 is 15.2 Å². The highest BCUT2D eigenvalue weighted by molar-refractivity contribution is 5.87. The van der Waals surface area contributed by atoms with Gasteiger partial charge in [-0.05, 0) is 27.7 Å². The number of aliphatic hydroxyl groups excluding tert-OH is 1. The van der Waals surface area contributed by atoms with Crippen LogP contribution in [0, 0.1) is 11.3 Å². The first kappa shape index (κ1) is 12.0. The second kappa shape index (κ2) is 3.81. The fourth-order valence-corrected chi connectivity index (χ4v) is 1.23. The molecule has 15 heavy (non-hydrogen) atoms. The Kier molecular flexibility index (Phi) is 3.04. The van der Waals surface area contributed by atoms with Crippen molar-refractivity contribution in [1.29, 1.82) is 0 Å². The van der Waals surface area contributed by atoms with Gasteiger partial charge in [0.15, 0.2) is 6.23 Å². The number of aliphatic hydroxyl groups is 1. The molecule has 1 rings (SSSR count). The summed E-state index contributed by atoms with van der Waals surface area (Å²) in [4.78, 5) is 22.5. The maximum absolute atomic E-state index is 11.5. The third-order valence-electron chi connectivity index (χ3n) is 2.28. The summed E-state index contributed by atoms with van der Waals surface area (Å²) in [5.74, 6) is -1.31. The van der Waals surface area contributed by atoms with Crippen LogP contribution in [0.1, 0.15) is 27.7 Å². The van der Waals surface area contributed by atoms with Gasteiger partial charge in [0.1, 0.15) is 5.92 Å². The van der Waals surface area contributed by atoms with E-state index < -0.39 is 29.6 Å². The average Bonchev–Trinajstić information content (AvgIpc) is 1.99. The lowest BCUT2D eigenvalue weighted by Crippen LogP contribution is -2.63. The summed E-state index contributed by atoms with van der Waals surface area (Å²) in [5.41, 5.74) is -0.608. The van der Waals surface area contributed by atoms with Crippen molar-refractivity contribution in [2.45, 2.75) is 40.0 Å². The van der Waals surface area contributed by atoms with E-state index in [4.69, 9.17) is 4.74 Å². The maximum Gasteiger partial charge on any atom is 0.313 e. The zero-order valence-electron chi connectivity index (χ0n) is 9.40. The molecule has 1 saturated heterocycles. The van der Waals surface area contributed by atoms with E-state index in [-0.39, 0.29) is 5.91 Å². The van der Waals surface area contributed by atoms with Crippen LogP contribution >= 0.6 is 0 Å². The summed E-state index contributed by atoms with van der Waals surface area (Å²) < 4.78 is 5.06. The summed E-state index contributed by atoms with van der Waals surface area (Å²) in [6, 6.07) is 0. The van der Waals surface area contributed by atoms with Crippen molar-refractivity contribution >= 4 is 11.9 Å². The molecule has 5 nitrogen and oxygen atoms in total. The number of β-lactam (4-membered cyclic amide) rings is 1. The van der Waals surface area contributed by atoms with Crippen molar-refractivity contribution in [3.8, 4) is 0 Å². The largest absolute Gasteiger partial charge is 0.440 e. The molecule has 0 aliphatic carbocycles. The quantitative estimate of drug-likeness (QED) is 0.503. The second-order valence-corrected chi connectivity index (χ2v) is 4.85. The molecule has 0 radical (unpaired) electrons. The summed E-state index contributed by atoms with van der Waals surface area (Å²) in [5, 5.41) is 11.7. The Hall–Kier alpha value is -1.10. The molecule has 0 aromatic heterocycles. The Balaban J connectivity index is 2.55. The summed E-state index contributed by atoms with van der Waals surface area (Å²) in [6.07, 6.45) is -1.50. The normalized spacial score (nSPS) is 27.7. The van der Waals surface area contributed by atoms with E-state index >= 15 is 0 Å². The van der Waals surface area contributed by atoms with E-state index in [1.54, 1.807) is 20.8 Å². The molecule has 0 unspecified atom stereocenters. The summed E-state index contributed by atoms with van der Waals surface area (Å²) >= 11 is 0. The van der Waals surface area contributed by atoms with Gasteiger partial charge in [-0.2, -0.15) is 0 Å². The van der Waals surface area contributed by atoms with E-state index in [9.17, 15) is 14.7 Å². The lowest BCUT2D eigenvalue weighted by molar-refractivity contribution is -0.181. The minimum Gasteiger partial charge on any atom is -0.440 e. The van der Waals surface area contributed by atoms with E-state index in [0.717, 1.165) is 0 Å². The van der Waals surface area contributed by atoms with E-state index in [1.807, 2.05) is 0 Å².